The average Bonchev–Trinajstić information content (AvgIpc) is 2.34. The zero-order chi connectivity index (χ0) is 17.1. The van der Waals surface area contributed by atoms with Crippen molar-refractivity contribution in [1.29, 1.82) is 0 Å². The van der Waals surface area contributed by atoms with Crippen LogP contribution in [-0.2, 0) is 6.18 Å². The summed E-state index contributed by atoms with van der Waals surface area (Å²) in [6, 6.07) is 0.872. The number of hydrogen-bond donors (Lipinski definition) is 2. The van der Waals surface area contributed by atoms with Gasteiger partial charge in [0.05, 0.1) is 0 Å². The minimum atomic E-state index is -4.56. The highest BCUT2D eigenvalue weighted by Gasteiger charge is 2.34. The molecule has 1 rings (SSSR count). The molecule has 0 spiro atoms. The molecule has 0 aliphatic carbocycles. The highest BCUT2D eigenvalue weighted by Crippen LogP contribution is 2.31. The summed E-state index contributed by atoms with van der Waals surface area (Å²) in [5, 5.41) is 1.37. The summed E-state index contributed by atoms with van der Waals surface area (Å²) >= 11 is 5.81. The van der Waals surface area contributed by atoms with E-state index in [-0.39, 0.29) is 21.5 Å². The van der Waals surface area contributed by atoms with E-state index in [1.807, 2.05) is 20.8 Å². The lowest BCUT2D eigenvalue weighted by molar-refractivity contribution is -0.141. The average molecular weight is 353 g/mol. The Kier molecular flexibility index (Phi) is 5.85. The second kappa shape index (κ2) is 6.86. The van der Waals surface area contributed by atoms with Gasteiger partial charge in [-0.3, -0.25) is 10.4 Å². The molecule has 0 saturated carbocycles. The molecular formula is C12H18F3N5S2. The van der Waals surface area contributed by atoms with E-state index in [0.717, 1.165) is 17.8 Å². The molecule has 1 heterocycles. The number of rotatable bonds is 4. The van der Waals surface area contributed by atoms with Gasteiger partial charge in [0, 0.05) is 12.6 Å². The van der Waals surface area contributed by atoms with Crippen molar-refractivity contribution < 1.29 is 13.2 Å². The van der Waals surface area contributed by atoms with Gasteiger partial charge in [0.25, 0.3) is 0 Å². The summed E-state index contributed by atoms with van der Waals surface area (Å²) in [6.07, 6.45) is -2.95. The van der Waals surface area contributed by atoms with Crippen LogP contribution in [0.25, 0.3) is 0 Å². The number of nitrogens with two attached hydrogens (primary N) is 1. The molecule has 0 saturated heterocycles. The van der Waals surface area contributed by atoms with Crippen LogP contribution in [0.4, 0.5) is 19.0 Å². The molecule has 0 aliphatic heterocycles. The number of aromatic nitrogens is 2. The second-order valence-electron chi connectivity index (χ2n) is 5.72. The van der Waals surface area contributed by atoms with Gasteiger partial charge in [-0.1, -0.05) is 32.5 Å². The van der Waals surface area contributed by atoms with Crippen molar-refractivity contribution in [3.63, 3.8) is 0 Å². The Morgan fingerprint density at radius 2 is 1.95 bits per heavy atom. The van der Waals surface area contributed by atoms with Crippen molar-refractivity contribution in [2.75, 3.05) is 17.8 Å². The van der Waals surface area contributed by atoms with Crippen molar-refractivity contribution in [2.24, 2.45) is 11.1 Å². The van der Waals surface area contributed by atoms with Crippen LogP contribution < -0.4 is 16.2 Å². The molecule has 0 fully saturated rings. The second-order valence-corrected chi connectivity index (χ2v) is 6.93. The molecule has 0 atom stereocenters. The van der Waals surface area contributed by atoms with E-state index in [0.29, 0.717) is 6.54 Å². The fourth-order valence-electron chi connectivity index (χ4n) is 1.57. The number of nitrogens with zero attached hydrogens (tertiary/aromatic N) is 3. The van der Waals surface area contributed by atoms with Crippen LogP contribution in [0.3, 0.4) is 0 Å². The number of hydrazine groups is 1. The van der Waals surface area contributed by atoms with Gasteiger partial charge >= 0.3 is 6.18 Å². The Morgan fingerprint density at radius 1 is 1.36 bits per heavy atom. The molecule has 3 N–H and O–H groups in total. The third-order valence-electron chi connectivity index (χ3n) is 2.32. The van der Waals surface area contributed by atoms with Crippen LogP contribution in [-0.4, -0.2) is 27.9 Å². The molecule has 0 aromatic carbocycles. The minimum Gasteiger partial charge on any atom is -0.375 e. The normalized spacial score (nSPS) is 12.1. The highest BCUT2D eigenvalue weighted by atomic mass is 32.2. The summed E-state index contributed by atoms with van der Waals surface area (Å²) in [4.78, 5) is 7.59. The fraction of sp³-hybridized carbons (Fsp3) is 0.583. The lowest BCUT2D eigenvalue weighted by Crippen LogP contribution is -2.49. The van der Waals surface area contributed by atoms with Gasteiger partial charge in [-0.25, -0.2) is 9.97 Å². The summed E-state index contributed by atoms with van der Waals surface area (Å²) < 4.78 is 38.9. The van der Waals surface area contributed by atoms with Gasteiger partial charge in [-0.15, -0.1) is 0 Å². The lowest BCUT2D eigenvalue weighted by Gasteiger charge is -2.31. The summed E-state index contributed by atoms with van der Waals surface area (Å²) in [7, 11) is 0. The van der Waals surface area contributed by atoms with Gasteiger partial charge in [0.2, 0.25) is 0 Å². The predicted molar refractivity (Wildman–Crippen MR) is 85.5 cm³/mol. The van der Waals surface area contributed by atoms with Crippen molar-refractivity contribution in [2.45, 2.75) is 32.1 Å². The van der Waals surface area contributed by atoms with E-state index in [1.54, 1.807) is 6.26 Å². The Labute approximate surface area is 136 Å². The van der Waals surface area contributed by atoms with Gasteiger partial charge in [-0.05, 0) is 23.9 Å². The van der Waals surface area contributed by atoms with Crippen LogP contribution in [0.5, 0.6) is 0 Å². The van der Waals surface area contributed by atoms with E-state index >= 15 is 0 Å². The molecule has 1 aromatic heterocycles. The number of thiocarbonyl (C=S) groups is 1. The number of alkyl halides is 3. The first kappa shape index (κ1) is 18.8. The first-order valence-electron chi connectivity index (χ1n) is 6.26. The maximum atomic E-state index is 13.0. The van der Waals surface area contributed by atoms with Crippen molar-refractivity contribution in [3.05, 3.63) is 11.8 Å². The largest absolute Gasteiger partial charge is 0.433 e. The zero-order valence-corrected chi connectivity index (χ0v) is 14.3. The molecule has 0 radical (unpaired) electrons. The first-order valence-corrected chi connectivity index (χ1v) is 7.89. The van der Waals surface area contributed by atoms with Crippen LogP contribution in [0, 0.1) is 5.41 Å². The molecule has 0 bridgehead atoms. The monoisotopic (exact) mass is 353 g/mol. The van der Waals surface area contributed by atoms with E-state index in [1.165, 1.54) is 5.01 Å². The Bertz CT molecular complexity index is 543. The van der Waals surface area contributed by atoms with Crippen molar-refractivity contribution in [3.8, 4) is 0 Å². The van der Waals surface area contributed by atoms with Gasteiger partial charge < -0.3 is 5.73 Å². The molecule has 10 heteroatoms. The quantitative estimate of drug-likeness (QED) is 0.373. The predicted octanol–water partition coefficient (Wildman–Crippen LogP) is 2.82. The maximum absolute atomic E-state index is 13.0. The number of hydrogen-bond acceptors (Lipinski definition) is 5. The SMILES string of the molecule is CSc1nc(N(CC(C)(C)C)NC(N)=S)cc(C(F)(F)F)n1. The molecule has 124 valence electrons. The summed E-state index contributed by atoms with van der Waals surface area (Å²) in [5.74, 6) is 0.0643. The Morgan fingerprint density at radius 3 is 2.36 bits per heavy atom. The van der Waals surface area contributed by atoms with Crippen LogP contribution in [0.2, 0.25) is 0 Å². The Hall–Kier alpha value is -1.29. The zero-order valence-electron chi connectivity index (χ0n) is 12.7. The van der Waals surface area contributed by atoms with Gasteiger partial charge in [-0.2, -0.15) is 13.2 Å². The Balaban J connectivity index is 3.30. The summed E-state index contributed by atoms with van der Waals surface area (Å²) in [5.41, 5.74) is 6.88. The maximum Gasteiger partial charge on any atom is 0.433 e. The molecule has 0 aliphatic rings. The van der Waals surface area contributed by atoms with Crippen molar-refractivity contribution in [1.82, 2.24) is 15.4 Å². The number of anilines is 1. The molecule has 22 heavy (non-hydrogen) atoms. The van der Waals surface area contributed by atoms with Crippen LogP contribution in [0.15, 0.2) is 11.2 Å². The molecule has 1 aromatic rings. The van der Waals surface area contributed by atoms with Gasteiger partial charge in [0.15, 0.2) is 21.8 Å². The minimum absolute atomic E-state index is 0.0217. The molecule has 5 nitrogen and oxygen atoms in total. The first-order chi connectivity index (χ1) is 9.92. The summed E-state index contributed by atoms with van der Waals surface area (Å²) in [6.45, 7) is 6.15. The number of thioether (sulfide) groups is 1. The fourth-order valence-corrected chi connectivity index (χ4v) is 2.06. The third kappa shape index (κ3) is 5.84. The van der Waals surface area contributed by atoms with E-state index in [9.17, 15) is 13.2 Å². The third-order valence-corrected chi connectivity index (χ3v) is 2.96. The van der Waals surface area contributed by atoms with Crippen molar-refractivity contribution >= 4 is 34.9 Å². The van der Waals surface area contributed by atoms with E-state index < -0.39 is 11.9 Å². The molecule has 0 unspecified atom stereocenters. The lowest BCUT2D eigenvalue weighted by atomic mass is 9.97. The van der Waals surface area contributed by atoms with E-state index in [2.05, 4.69) is 15.4 Å². The molecule has 0 amide bonds. The number of halogens is 3. The van der Waals surface area contributed by atoms with Gasteiger partial charge in [0.1, 0.15) is 0 Å². The topological polar surface area (TPSA) is 67.1 Å². The van der Waals surface area contributed by atoms with Crippen LogP contribution >= 0.6 is 24.0 Å². The molecular weight excluding hydrogens is 335 g/mol. The van der Waals surface area contributed by atoms with E-state index in [4.69, 9.17) is 18.0 Å². The highest BCUT2D eigenvalue weighted by molar-refractivity contribution is 7.98. The standard InChI is InChI=1S/C12H18F3N5S2/c1-11(2,3)6-20(19-9(16)21)8-5-7(12(13,14)15)17-10(18-8)22-4/h5H,6H2,1-4H3,(H3,16,19,21). The smallest absolute Gasteiger partial charge is 0.375 e. The number of nitrogens with one attached hydrogen (secondary N) is 1. The van der Waals surface area contributed by atoms with Crippen LogP contribution in [0.1, 0.15) is 26.5 Å².